The second-order valence-corrected chi connectivity index (χ2v) is 6.74. The molecule has 1 N–H and O–H groups in total. The standard InChI is InChI=1S/C21H21NO5/c1-22-12-16-8-7-15(21(26)27-13-14-5-3-2-4-6-14)9-17(16)10-18(20(22)25)11-19(23)24/h2-9,18H,10-13H2,1H3,(H,23,24). The molecule has 6 heteroatoms. The van der Waals surface area contributed by atoms with Crippen LogP contribution in [0.4, 0.5) is 0 Å². The highest BCUT2D eigenvalue weighted by atomic mass is 16.5. The third kappa shape index (κ3) is 4.53. The van der Waals surface area contributed by atoms with Gasteiger partial charge < -0.3 is 14.7 Å². The minimum Gasteiger partial charge on any atom is -0.481 e. The molecule has 0 radical (unpaired) electrons. The first kappa shape index (κ1) is 18.6. The lowest BCUT2D eigenvalue weighted by molar-refractivity contribution is -0.143. The van der Waals surface area contributed by atoms with Crippen LogP contribution in [0.1, 0.15) is 33.5 Å². The number of hydrogen-bond acceptors (Lipinski definition) is 4. The van der Waals surface area contributed by atoms with E-state index in [1.165, 1.54) is 4.90 Å². The van der Waals surface area contributed by atoms with E-state index in [4.69, 9.17) is 9.84 Å². The van der Waals surface area contributed by atoms with Crippen LogP contribution in [0.15, 0.2) is 48.5 Å². The van der Waals surface area contributed by atoms with Gasteiger partial charge in [-0.3, -0.25) is 9.59 Å². The van der Waals surface area contributed by atoms with Crippen molar-refractivity contribution >= 4 is 17.8 Å². The van der Waals surface area contributed by atoms with Crippen LogP contribution in [0.25, 0.3) is 0 Å². The molecule has 1 heterocycles. The highest BCUT2D eigenvalue weighted by Gasteiger charge is 2.29. The van der Waals surface area contributed by atoms with Crippen LogP contribution in [-0.2, 0) is 33.9 Å². The molecule has 2 aromatic rings. The number of carboxylic acid groups (broad SMARTS) is 1. The van der Waals surface area contributed by atoms with Crippen molar-refractivity contribution < 1.29 is 24.2 Å². The van der Waals surface area contributed by atoms with E-state index in [0.29, 0.717) is 18.5 Å². The van der Waals surface area contributed by atoms with Crippen molar-refractivity contribution in [3.63, 3.8) is 0 Å². The van der Waals surface area contributed by atoms with Crippen LogP contribution in [0.2, 0.25) is 0 Å². The van der Waals surface area contributed by atoms with Gasteiger partial charge in [0.25, 0.3) is 0 Å². The van der Waals surface area contributed by atoms with Gasteiger partial charge in [-0.2, -0.15) is 0 Å². The molecule has 1 atom stereocenters. The van der Waals surface area contributed by atoms with E-state index >= 15 is 0 Å². The fraction of sp³-hybridized carbons (Fsp3) is 0.286. The maximum absolute atomic E-state index is 12.4. The van der Waals surface area contributed by atoms with Gasteiger partial charge in [-0.1, -0.05) is 36.4 Å². The van der Waals surface area contributed by atoms with Crippen molar-refractivity contribution in [2.45, 2.75) is 26.0 Å². The van der Waals surface area contributed by atoms with Crippen molar-refractivity contribution in [2.75, 3.05) is 7.05 Å². The molecule has 3 rings (SSSR count). The molecule has 2 aromatic carbocycles. The molecule has 0 fully saturated rings. The van der Waals surface area contributed by atoms with Crippen LogP contribution >= 0.6 is 0 Å². The monoisotopic (exact) mass is 367 g/mol. The Balaban J connectivity index is 1.77. The Kier molecular flexibility index (Phi) is 5.54. The van der Waals surface area contributed by atoms with Crippen LogP contribution < -0.4 is 0 Å². The summed E-state index contributed by atoms with van der Waals surface area (Å²) < 4.78 is 5.36. The number of carboxylic acids is 1. The Morgan fingerprint density at radius 1 is 1.15 bits per heavy atom. The topological polar surface area (TPSA) is 83.9 Å². The van der Waals surface area contributed by atoms with Crippen molar-refractivity contribution in [2.24, 2.45) is 5.92 Å². The van der Waals surface area contributed by atoms with E-state index in [0.717, 1.165) is 16.7 Å². The molecule has 0 aromatic heterocycles. The maximum Gasteiger partial charge on any atom is 0.338 e. The summed E-state index contributed by atoms with van der Waals surface area (Å²) in [5.74, 6) is -2.28. The summed E-state index contributed by atoms with van der Waals surface area (Å²) in [4.78, 5) is 37.4. The Morgan fingerprint density at radius 3 is 2.59 bits per heavy atom. The van der Waals surface area contributed by atoms with Gasteiger partial charge in [-0.15, -0.1) is 0 Å². The Bertz CT molecular complexity index is 862. The number of hydrogen-bond donors (Lipinski definition) is 1. The average Bonchev–Trinajstić information content (AvgIpc) is 2.77. The van der Waals surface area contributed by atoms with E-state index in [9.17, 15) is 14.4 Å². The third-order valence-corrected chi connectivity index (χ3v) is 4.68. The number of nitrogens with zero attached hydrogens (tertiary/aromatic N) is 1. The van der Waals surface area contributed by atoms with Gasteiger partial charge in [0.05, 0.1) is 17.9 Å². The summed E-state index contributed by atoms with van der Waals surface area (Å²) in [5.41, 5.74) is 3.02. The lowest BCUT2D eigenvalue weighted by Gasteiger charge is -2.18. The number of aliphatic carboxylic acids is 1. The van der Waals surface area contributed by atoms with Gasteiger partial charge in [0.2, 0.25) is 5.91 Å². The predicted octanol–water partition coefficient (Wildman–Crippen LogP) is 2.65. The lowest BCUT2D eigenvalue weighted by atomic mass is 9.93. The molecule has 27 heavy (non-hydrogen) atoms. The van der Waals surface area contributed by atoms with Crippen molar-refractivity contribution in [3.8, 4) is 0 Å². The van der Waals surface area contributed by atoms with Crippen LogP contribution in [0.3, 0.4) is 0 Å². The van der Waals surface area contributed by atoms with Crippen molar-refractivity contribution in [1.82, 2.24) is 4.90 Å². The molecule has 0 aliphatic carbocycles. The number of carbonyl (C=O) groups is 3. The van der Waals surface area contributed by atoms with Crippen LogP contribution in [0.5, 0.6) is 0 Å². The Hall–Kier alpha value is -3.15. The highest BCUT2D eigenvalue weighted by molar-refractivity contribution is 5.90. The number of carbonyl (C=O) groups excluding carboxylic acids is 2. The summed E-state index contributed by atoms with van der Waals surface area (Å²) >= 11 is 0. The average molecular weight is 367 g/mol. The van der Waals surface area contributed by atoms with E-state index in [1.54, 1.807) is 25.2 Å². The second-order valence-electron chi connectivity index (χ2n) is 6.74. The third-order valence-electron chi connectivity index (χ3n) is 4.68. The largest absolute Gasteiger partial charge is 0.481 e. The fourth-order valence-electron chi connectivity index (χ4n) is 3.27. The highest BCUT2D eigenvalue weighted by Crippen LogP contribution is 2.25. The Morgan fingerprint density at radius 2 is 1.89 bits per heavy atom. The molecular formula is C21H21NO5. The van der Waals surface area contributed by atoms with Gasteiger partial charge in [0, 0.05) is 13.6 Å². The van der Waals surface area contributed by atoms with E-state index in [1.807, 2.05) is 30.3 Å². The molecule has 1 amide bonds. The zero-order valence-corrected chi connectivity index (χ0v) is 15.1. The maximum atomic E-state index is 12.4. The fourth-order valence-corrected chi connectivity index (χ4v) is 3.27. The first-order valence-electron chi connectivity index (χ1n) is 8.73. The summed E-state index contributed by atoms with van der Waals surface area (Å²) in [6.07, 6.45) is 0.0654. The number of fused-ring (bicyclic) bond motifs is 1. The Labute approximate surface area is 157 Å². The van der Waals surface area contributed by atoms with Crippen molar-refractivity contribution in [1.29, 1.82) is 0 Å². The molecule has 140 valence electrons. The van der Waals surface area contributed by atoms with E-state index in [-0.39, 0.29) is 18.9 Å². The molecule has 1 unspecified atom stereocenters. The normalized spacial score (nSPS) is 16.4. The zero-order valence-electron chi connectivity index (χ0n) is 15.1. The molecule has 6 nitrogen and oxygen atoms in total. The van der Waals surface area contributed by atoms with Gasteiger partial charge in [0.15, 0.2) is 0 Å². The van der Waals surface area contributed by atoms with Gasteiger partial charge >= 0.3 is 11.9 Å². The number of benzene rings is 2. The quantitative estimate of drug-likeness (QED) is 0.822. The first-order chi connectivity index (χ1) is 12.9. The molecule has 1 aliphatic rings. The number of rotatable bonds is 5. The van der Waals surface area contributed by atoms with Crippen LogP contribution in [0, 0.1) is 5.92 Å². The number of amides is 1. The second kappa shape index (κ2) is 8.03. The molecular weight excluding hydrogens is 346 g/mol. The van der Waals surface area contributed by atoms with Gasteiger partial charge in [-0.05, 0) is 35.2 Å². The van der Waals surface area contributed by atoms with E-state index in [2.05, 4.69) is 0 Å². The van der Waals surface area contributed by atoms with Crippen molar-refractivity contribution in [3.05, 3.63) is 70.8 Å². The zero-order chi connectivity index (χ0) is 19.4. The molecule has 0 bridgehead atoms. The smallest absolute Gasteiger partial charge is 0.338 e. The lowest BCUT2D eigenvalue weighted by Crippen LogP contribution is -2.32. The number of esters is 1. The number of ether oxygens (including phenoxy) is 1. The minimum atomic E-state index is -1.01. The first-order valence-corrected chi connectivity index (χ1v) is 8.73. The SMILES string of the molecule is CN1Cc2ccc(C(=O)OCc3ccccc3)cc2CC(CC(=O)O)C1=O. The summed E-state index contributed by atoms with van der Waals surface area (Å²) in [7, 11) is 1.66. The predicted molar refractivity (Wildman–Crippen MR) is 97.9 cm³/mol. The van der Waals surface area contributed by atoms with Crippen LogP contribution in [-0.4, -0.2) is 34.9 Å². The van der Waals surface area contributed by atoms with Gasteiger partial charge in [-0.25, -0.2) is 4.79 Å². The molecule has 0 saturated carbocycles. The minimum absolute atomic E-state index is 0.180. The summed E-state index contributed by atoms with van der Waals surface area (Å²) in [5, 5.41) is 9.09. The molecule has 0 spiro atoms. The van der Waals surface area contributed by atoms with E-state index < -0.39 is 17.9 Å². The summed E-state index contributed by atoms with van der Waals surface area (Å²) in [6.45, 7) is 0.573. The molecule has 1 aliphatic heterocycles. The summed E-state index contributed by atoms with van der Waals surface area (Å²) in [6, 6.07) is 14.6. The van der Waals surface area contributed by atoms with Gasteiger partial charge in [0.1, 0.15) is 6.61 Å². The molecule has 0 saturated heterocycles.